The maximum absolute atomic E-state index is 13.6. The van der Waals surface area contributed by atoms with Gasteiger partial charge in [0.25, 0.3) is 0 Å². The summed E-state index contributed by atoms with van der Waals surface area (Å²) in [7, 11) is -1.48. The van der Waals surface area contributed by atoms with E-state index in [4.69, 9.17) is 0 Å². The van der Waals surface area contributed by atoms with Crippen LogP contribution in [0.25, 0.3) is 0 Å². The van der Waals surface area contributed by atoms with Crippen LogP contribution in [0.15, 0.2) is 21.0 Å². The summed E-state index contributed by atoms with van der Waals surface area (Å²) in [6.45, 7) is 6.87. The Kier molecular flexibility index (Phi) is 4.78. The first-order valence-corrected chi connectivity index (χ1v) is 7.15. The summed E-state index contributed by atoms with van der Waals surface area (Å²) >= 11 is 2.98. The van der Waals surface area contributed by atoms with E-state index in [-0.39, 0.29) is 15.7 Å². The molecule has 1 rings (SSSR count). The Labute approximate surface area is 116 Å². The second-order valence-corrected chi connectivity index (χ2v) is 7.54. The van der Waals surface area contributed by atoms with Crippen molar-refractivity contribution < 1.29 is 13.0 Å². The van der Waals surface area contributed by atoms with Crippen molar-refractivity contribution in [3.8, 4) is 0 Å². The third kappa shape index (κ3) is 3.68. The molecule has 0 heterocycles. The van der Waals surface area contributed by atoms with Gasteiger partial charge in [0.05, 0.1) is 14.9 Å². The molecule has 0 aliphatic carbocycles. The highest BCUT2D eigenvalue weighted by atomic mass is 79.9. The minimum absolute atomic E-state index is 0.140. The molecule has 0 saturated carbocycles. The van der Waals surface area contributed by atoms with E-state index in [9.17, 15) is 13.0 Å². The van der Waals surface area contributed by atoms with Gasteiger partial charge in [-0.15, -0.1) is 0 Å². The van der Waals surface area contributed by atoms with Gasteiger partial charge in [0.15, 0.2) is 0 Å². The summed E-state index contributed by atoms with van der Waals surface area (Å²) in [5, 5.41) is 0. The van der Waals surface area contributed by atoms with Crippen LogP contribution in [0, 0.1) is 11.6 Å². The highest BCUT2D eigenvalue weighted by Gasteiger charge is 2.20. The second-order valence-electron chi connectivity index (χ2n) is 4.78. The van der Waals surface area contributed by atoms with E-state index < -0.39 is 27.4 Å². The normalized spacial score (nSPS) is 14.7. The van der Waals surface area contributed by atoms with Crippen LogP contribution in [-0.4, -0.2) is 14.7 Å². The molecule has 0 fully saturated rings. The second kappa shape index (κ2) is 5.57. The van der Waals surface area contributed by atoms with Crippen molar-refractivity contribution in [3.05, 3.63) is 33.8 Å². The van der Waals surface area contributed by atoms with Crippen molar-refractivity contribution in [1.29, 1.82) is 0 Å². The molecule has 1 atom stereocenters. The first kappa shape index (κ1) is 15.4. The summed E-state index contributed by atoms with van der Waals surface area (Å²) in [5.41, 5.74) is 0.419. The lowest BCUT2D eigenvalue weighted by Crippen LogP contribution is -2.20. The predicted molar refractivity (Wildman–Crippen MR) is 74.2 cm³/mol. The van der Waals surface area contributed by atoms with Gasteiger partial charge in [-0.1, -0.05) is 0 Å². The van der Waals surface area contributed by atoms with Crippen LogP contribution in [0.4, 0.5) is 8.78 Å². The highest BCUT2D eigenvalue weighted by molar-refractivity contribution is 9.10. The first-order valence-electron chi connectivity index (χ1n) is 5.25. The van der Waals surface area contributed by atoms with Gasteiger partial charge in [-0.2, -0.15) is 4.40 Å². The molecule has 0 amide bonds. The average Bonchev–Trinajstić information content (AvgIpc) is 2.21. The Balaban J connectivity index is 3.19. The number of rotatable bonds is 2. The molecule has 0 aliphatic rings. The maximum Gasteiger partial charge on any atom is 0.145 e. The molecular weight excluding hydrogens is 324 g/mol. The topological polar surface area (TPSA) is 29.4 Å². The quantitative estimate of drug-likeness (QED) is 0.592. The van der Waals surface area contributed by atoms with E-state index in [1.54, 1.807) is 27.7 Å². The van der Waals surface area contributed by atoms with Crippen molar-refractivity contribution in [2.24, 2.45) is 4.40 Å². The number of nitrogens with zero attached hydrogens (tertiary/aromatic N) is 1. The number of benzene rings is 1. The van der Waals surface area contributed by atoms with E-state index in [0.717, 1.165) is 6.07 Å². The Hall–Kier alpha value is -0.620. The average molecular weight is 338 g/mol. The molecule has 0 spiro atoms. The smallest absolute Gasteiger partial charge is 0.145 e. The largest absolute Gasteiger partial charge is 0.234 e. The van der Waals surface area contributed by atoms with Crippen LogP contribution in [-0.2, 0) is 11.0 Å². The van der Waals surface area contributed by atoms with Gasteiger partial charge in [0, 0.05) is 11.6 Å². The van der Waals surface area contributed by atoms with Crippen molar-refractivity contribution in [1.82, 2.24) is 0 Å². The van der Waals surface area contributed by atoms with E-state index >= 15 is 0 Å². The molecule has 2 nitrogen and oxygen atoms in total. The van der Waals surface area contributed by atoms with Gasteiger partial charge in [0.2, 0.25) is 0 Å². The van der Waals surface area contributed by atoms with E-state index in [1.165, 1.54) is 6.07 Å². The van der Waals surface area contributed by atoms with Crippen LogP contribution >= 0.6 is 15.9 Å². The molecular formula is C12H14BrF2NOS. The Morgan fingerprint density at radius 2 is 1.83 bits per heavy atom. The summed E-state index contributed by atoms with van der Waals surface area (Å²) in [5.74, 6) is -1.40. The van der Waals surface area contributed by atoms with E-state index in [0.29, 0.717) is 0 Å². The SMILES string of the molecule is CC(=N[S@@](=O)C(C)(C)C)c1cc(Br)c(F)cc1F. The fourth-order valence-electron chi connectivity index (χ4n) is 1.11. The van der Waals surface area contributed by atoms with Gasteiger partial charge in [-0.25, -0.2) is 13.0 Å². The van der Waals surface area contributed by atoms with Gasteiger partial charge in [0.1, 0.15) is 22.6 Å². The molecule has 0 aromatic heterocycles. The Morgan fingerprint density at radius 3 is 2.33 bits per heavy atom. The van der Waals surface area contributed by atoms with Crippen molar-refractivity contribution >= 4 is 32.6 Å². The minimum atomic E-state index is -1.48. The number of hydrogen-bond donors (Lipinski definition) is 0. The first-order chi connectivity index (χ1) is 8.12. The van der Waals surface area contributed by atoms with Crippen molar-refractivity contribution in [2.45, 2.75) is 32.4 Å². The predicted octanol–water partition coefficient (Wildman–Crippen LogP) is 4.00. The summed E-state index contributed by atoms with van der Waals surface area (Å²) < 4.78 is 42.1. The van der Waals surface area contributed by atoms with Crippen molar-refractivity contribution in [3.63, 3.8) is 0 Å². The van der Waals surface area contributed by atoms with Gasteiger partial charge in [-0.3, -0.25) is 0 Å². The lowest BCUT2D eigenvalue weighted by molar-refractivity contribution is 0.577. The van der Waals surface area contributed by atoms with Crippen molar-refractivity contribution in [2.75, 3.05) is 0 Å². The molecule has 1 aromatic carbocycles. The molecule has 0 N–H and O–H groups in total. The number of hydrogen-bond acceptors (Lipinski definition) is 1. The third-order valence-electron chi connectivity index (χ3n) is 2.14. The molecule has 0 saturated heterocycles. The maximum atomic E-state index is 13.6. The zero-order chi connectivity index (χ0) is 14.1. The lowest BCUT2D eigenvalue weighted by atomic mass is 10.1. The number of halogens is 3. The minimum Gasteiger partial charge on any atom is -0.234 e. The van der Waals surface area contributed by atoms with Gasteiger partial charge < -0.3 is 0 Å². The standard InChI is InChI=1S/C12H14BrF2NOS/c1-7(16-18(17)12(2,3)4)8-5-9(13)11(15)6-10(8)14/h5-6H,1-4H3/t18-/m0/s1. The summed E-state index contributed by atoms with van der Waals surface area (Å²) in [4.78, 5) is 0. The molecule has 1 aromatic rings. The molecule has 0 bridgehead atoms. The molecule has 0 radical (unpaired) electrons. The van der Waals surface area contributed by atoms with Gasteiger partial charge in [-0.05, 0) is 49.7 Å². The molecule has 18 heavy (non-hydrogen) atoms. The van der Waals surface area contributed by atoms with Gasteiger partial charge >= 0.3 is 0 Å². The molecule has 0 unspecified atom stereocenters. The van der Waals surface area contributed by atoms with E-state index in [1.807, 2.05) is 0 Å². The zero-order valence-electron chi connectivity index (χ0n) is 10.6. The fraction of sp³-hybridized carbons (Fsp3) is 0.417. The third-order valence-corrected chi connectivity index (χ3v) is 4.24. The van der Waals surface area contributed by atoms with Crippen LogP contribution in [0.5, 0.6) is 0 Å². The van der Waals surface area contributed by atoms with Crippen LogP contribution in [0.1, 0.15) is 33.3 Å². The zero-order valence-corrected chi connectivity index (χ0v) is 13.0. The highest BCUT2D eigenvalue weighted by Crippen LogP contribution is 2.21. The fourth-order valence-corrected chi connectivity index (χ4v) is 2.07. The van der Waals surface area contributed by atoms with E-state index in [2.05, 4.69) is 20.3 Å². The Bertz CT molecular complexity index is 524. The van der Waals surface area contributed by atoms with Crippen LogP contribution in [0.2, 0.25) is 0 Å². The van der Waals surface area contributed by atoms with Crippen LogP contribution < -0.4 is 0 Å². The lowest BCUT2D eigenvalue weighted by Gasteiger charge is -2.14. The monoisotopic (exact) mass is 337 g/mol. The Morgan fingerprint density at radius 1 is 1.28 bits per heavy atom. The summed E-state index contributed by atoms with van der Waals surface area (Å²) in [6, 6.07) is 2.07. The van der Waals surface area contributed by atoms with Crippen LogP contribution in [0.3, 0.4) is 0 Å². The molecule has 0 aliphatic heterocycles. The molecule has 6 heteroatoms. The summed E-state index contributed by atoms with van der Waals surface area (Å²) in [6.07, 6.45) is 0. The molecule has 100 valence electrons.